The minimum absolute atomic E-state index is 0.577. The van der Waals surface area contributed by atoms with Gasteiger partial charge in [-0.3, -0.25) is 0 Å². The first-order chi connectivity index (χ1) is 5.97. The van der Waals surface area contributed by atoms with E-state index in [0.717, 1.165) is 5.69 Å². The first-order valence-corrected chi connectivity index (χ1v) is 4.03. The third-order valence-electron chi connectivity index (χ3n) is 1.29. The quantitative estimate of drug-likeness (QED) is 0.597. The van der Waals surface area contributed by atoms with E-state index in [-0.39, 0.29) is 0 Å². The van der Waals surface area contributed by atoms with Crippen molar-refractivity contribution in [1.29, 1.82) is 0 Å². The molecule has 0 fully saturated rings. The van der Waals surface area contributed by atoms with Crippen molar-refractivity contribution in [2.75, 3.05) is 0 Å². The van der Waals surface area contributed by atoms with E-state index in [1.54, 1.807) is 19.9 Å². The molecule has 3 nitrogen and oxygen atoms in total. The van der Waals surface area contributed by atoms with E-state index < -0.39 is 5.60 Å². The molecule has 1 heterocycles. The van der Waals surface area contributed by atoms with Gasteiger partial charge in [-0.2, -0.15) is 5.10 Å². The van der Waals surface area contributed by atoms with Crippen molar-refractivity contribution in [3.8, 4) is 11.8 Å². The summed E-state index contributed by atoms with van der Waals surface area (Å²) in [5.74, 6) is 5.40. The van der Waals surface area contributed by atoms with Crippen LogP contribution in [-0.4, -0.2) is 20.9 Å². The van der Waals surface area contributed by atoms with Crippen LogP contribution in [0.4, 0.5) is 0 Å². The molecule has 1 rings (SSSR count). The summed E-state index contributed by atoms with van der Waals surface area (Å²) >= 11 is 0. The predicted octanol–water partition coefficient (Wildman–Crippen LogP) is 0.907. The van der Waals surface area contributed by atoms with E-state index in [4.69, 9.17) is 0 Å². The van der Waals surface area contributed by atoms with E-state index in [1.165, 1.54) is 0 Å². The molecule has 13 heavy (non-hydrogen) atoms. The lowest BCUT2D eigenvalue weighted by Crippen LogP contribution is -2.14. The highest BCUT2D eigenvalue weighted by molar-refractivity contribution is 5.29. The van der Waals surface area contributed by atoms with Gasteiger partial charge in [-0.1, -0.05) is 5.92 Å². The molecule has 0 spiro atoms. The van der Waals surface area contributed by atoms with E-state index in [0.29, 0.717) is 5.69 Å². The van der Waals surface area contributed by atoms with Crippen LogP contribution in [0.2, 0.25) is 0 Å². The zero-order chi connectivity index (χ0) is 9.90. The Bertz CT molecular complexity index is 338. The summed E-state index contributed by atoms with van der Waals surface area (Å²) in [6.07, 6.45) is 0. The van der Waals surface area contributed by atoms with Gasteiger partial charge >= 0.3 is 0 Å². The predicted molar refractivity (Wildman–Crippen MR) is 49.9 cm³/mol. The van der Waals surface area contributed by atoms with Gasteiger partial charge in [0.25, 0.3) is 0 Å². The van der Waals surface area contributed by atoms with Gasteiger partial charge in [-0.15, -0.1) is 5.10 Å². The molecule has 1 aromatic heterocycles. The fraction of sp³-hybridized carbons (Fsp3) is 0.400. The van der Waals surface area contributed by atoms with Gasteiger partial charge in [0, 0.05) is 0 Å². The Balaban J connectivity index is 2.85. The van der Waals surface area contributed by atoms with Crippen LogP contribution >= 0.6 is 0 Å². The standard InChI is InChI=1S/C10H12N2O/c1-8-4-5-9(12-11-8)6-7-10(2,3)13/h4-5,13H,1-3H3. The molecule has 0 aromatic carbocycles. The molecule has 0 radical (unpaired) electrons. The van der Waals surface area contributed by atoms with Gasteiger partial charge in [-0.05, 0) is 38.8 Å². The van der Waals surface area contributed by atoms with Gasteiger partial charge in [0.2, 0.25) is 0 Å². The van der Waals surface area contributed by atoms with Crippen molar-refractivity contribution in [2.45, 2.75) is 26.4 Å². The van der Waals surface area contributed by atoms with Crippen LogP contribution in [0.3, 0.4) is 0 Å². The number of rotatable bonds is 0. The summed E-state index contributed by atoms with van der Waals surface area (Å²) in [6.45, 7) is 5.11. The third-order valence-corrected chi connectivity index (χ3v) is 1.29. The molecule has 0 aliphatic carbocycles. The second kappa shape index (κ2) is 3.55. The van der Waals surface area contributed by atoms with Crippen molar-refractivity contribution < 1.29 is 5.11 Å². The first-order valence-electron chi connectivity index (χ1n) is 4.03. The molecule has 0 amide bonds. The number of hydrogen-bond acceptors (Lipinski definition) is 3. The molecular weight excluding hydrogens is 164 g/mol. The minimum atomic E-state index is -0.980. The molecule has 0 atom stereocenters. The Labute approximate surface area is 77.8 Å². The molecule has 68 valence electrons. The lowest BCUT2D eigenvalue weighted by Gasteiger charge is -2.05. The topological polar surface area (TPSA) is 46.0 Å². The van der Waals surface area contributed by atoms with E-state index in [2.05, 4.69) is 22.0 Å². The normalized spacial score (nSPS) is 10.5. The van der Waals surface area contributed by atoms with Gasteiger partial charge in [0.15, 0.2) is 0 Å². The molecule has 1 aromatic rings. The molecule has 3 heteroatoms. The maximum Gasteiger partial charge on any atom is 0.136 e. The highest BCUT2D eigenvalue weighted by Crippen LogP contribution is 1.98. The highest BCUT2D eigenvalue weighted by Gasteiger charge is 2.05. The third kappa shape index (κ3) is 3.68. The second-order valence-corrected chi connectivity index (χ2v) is 3.37. The zero-order valence-corrected chi connectivity index (χ0v) is 8.00. The Morgan fingerprint density at radius 1 is 1.31 bits per heavy atom. The molecule has 1 N–H and O–H groups in total. The molecule has 0 aliphatic heterocycles. The smallest absolute Gasteiger partial charge is 0.136 e. The largest absolute Gasteiger partial charge is 0.378 e. The number of aliphatic hydroxyl groups is 1. The van der Waals surface area contributed by atoms with E-state index in [1.807, 2.05) is 13.0 Å². The summed E-state index contributed by atoms with van der Waals surface area (Å²) < 4.78 is 0. The van der Waals surface area contributed by atoms with Crippen LogP contribution in [0.15, 0.2) is 12.1 Å². The zero-order valence-electron chi connectivity index (χ0n) is 8.00. The summed E-state index contributed by atoms with van der Waals surface area (Å²) in [5, 5.41) is 17.0. The average Bonchev–Trinajstić information content (AvgIpc) is 2.02. The number of nitrogens with zero attached hydrogens (tertiary/aromatic N) is 2. The number of aryl methyl sites for hydroxylation is 1. The van der Waals surface area contributed by atoms with Gasteiger partial charge in [-0.25, -0.2) is 0 Å². The van der Waals surface area contributed by atoms with Gasteiger partial charge in [0.05, 0.1) is 5.69 Å². The second-order valence-electron chi connectivity index (χ2n) is 3.37. The molecule has 0 bridgehead atoms. The maximum atomic E-state index is 9.31. The Morgan fingerprint density at radius 2 is 2.00 bits per heavy atom. The monoisotopic (exact) mass is 176 g/mol. The van der Waals surface area contributed by atoms with Crippen LogP contribution < -0.4 is 0 Å². The van der Waals surface area contributed by atoms with Crippen LogP contribution in [-0.2, 0) is 0 Å². The van der Waals surface area contributed by atoms with Crippen LogP contribution in [0, 0.1) is 18.8 Å². The Morgan fingerprint density at radius 3 is 2.46 bits per heavy atom. The van der Waals surface area contributed by atoms with Crippen molar-refractivity contribution in [1.82, 2.24) is 10.2 Å². The van der Waals surface area contributed by atoms with Crippen molar-refractivity contribution >= 4 is 0 Å². The van der Waals surface area contributed by atoms with Gasteiger partial charge < -0.3 is 5.11 Å². The molecule has 0 saturated carbocycles. The Hall–Kier alpha value is -1.40. The summed E-state index contributed by atoms with van der Waals surface area (Å²) in [4.78, 5) is 0. The van der Waals surface area contributed by atoms with Crippen molar-refractivity contribution in [2.24, 2.45) is 0 Å². The molecule has 0 saturated heterocycles. The van der Waals surface area contributed by atoms with Crippen LogP contribution in [0.5, 0.6) is 0 Å². The summed E-state index contributed by atoms with van der Waals surface area (Å²) in [6, 6.07) is 3.61. The molecule has 0 unspecified atom stereocenters. The van der Waals surface area contributed by atoms with Gasteiger partial charge in [0.1, 0.15) is 11.3 Å². The fourth-order valence-electron chi connectivity index (χ4n) is 0.683. The number of hydrogen-bond donors (Lipinski definition) is 1. The van der Waals surface area contributed by atoms with Crippen molar-refractivity contribution in [3.63, 3.8) is 0 Å². The number of aromatic nitrogens is 2. The fourth-order valence-corrected chi connectivity index (χ4v) is 0.683. The Kier molecular flexibility index (Phi) is 2.64. The highest BCUT2D eigenvalue weighted by atomic mass is 16.3. The maximum absolute atomic E-state index is 9.31. The van der Waals surface area contributed by atoms with E-state index in [9.17, 15) is 5.11 Å². The lowest BCUT2D eigenvalue weighted by atomic mass is 10.1. The average molecular weight is 176 g/mol. The summed E-state index contributed by atoms with van der Waals surface area (Å²) in [5.41, 5.74) is 0.452. The summed E-state index contributed by atoms with van der Waals surface area (Å²) in [7, 11) is 0. The van der Waals surface area contributed by atoms with Crippen molar-refractivity contribution in [3.05, 3.63) is 23.5 Å². The molecule has 0 aliphatic rings. The lowest BCUT2D eigenvalue weighted by molar-refractivity contribution is 0.143. The van der Waals surface area contributed by atoms with Crippen LogP contribution in [0.25, 0.3) is 0 Å². The minimum Gasteiger partial charge on any atom is -0.378 e. The first kappa shape index (κ1) is 9.69. The molecular formula is C10H12N2O. The SMILES string of the molecule is Cc1ccc(C#CC(C)(C)O)nn1. The van der Waals surface area contributed by atoms with E-state index >= 15 is 0 Å². The van der Waals surface area contributed by atoms with Crippen LogP contribution in [0.1, 0.15) is 25.2 Å².